The van der Waals surface area contributed by atoms with E-state index in [2.05, 4.69) is 5.32 Å². The Labute approximate surface area is 115 Å². The van der Waals surface area contributed by atoms with Crippen molar-refractivity contribution in [3.05, 3.63) is 0 Å². The molecule has 0 heterocycles. The molecule has 0 amide bonds. The monoisotopic (exact) mass is 269 g/mol. The van der Waals surface area contributed by atoms with Gasteiger partial charge in [-0.25, -0.2) is 0 Å². The second kappa shape index (κ2) is 7.25. The topological polar surface area (TPSA) is 69.6 Å². The first-order chi connectivity index (χ1) is 9.15. The largest absolute Gasteiger partial charge is 0.481 e. The summed E-state index contributed by atoms with van der Waals surface area (Å²) in [6, 6.07) is 0.397. The van der Waals surface area contributed by atoms with Crippen molar-refractivity contribution >= 4 is 5.97 Å². The summed E-state index contributed by atoms with van der Waals surface area (Å²) in [7, 11) is 0. The van der Waals surface area contributed by atoms with E-state index in [1.807, 2.05) is 0 Å². The van der Waals surface area contributed by atoms with E-state index < -0.39 is 5.97 Å². The number of hydrogen-bond donors (Lipinski definition) is 3. The third-order valence-electron chi connectivity index (χ3n) is 4.80. The molecule has 4 heteroatoms. The van der Waals surface area contributed by atoms with Gasteiger partial charge in [-0.3, -0.25) is 4.79 Å². The maximum atomic E-state index is 10.9. The van der Waals surface area contributed by atoms with Gasteiger partial charge in [-0.15, -0.1) is 0 Å². The summed E-state index contributed by atoms with van der Waals surface area (Å²) in [4.78, 5) is 10.9. The standard InChI is InChI=1S/C15H27NO3/c17-14(9-11-3-1-2-4-11)10-16-13-7-5-12(6-8-13)15(18)19/h11-14,16-17H,1-10H2,(H,18,19). The smallest absolute Gasteiger partial charge is 0.306 e. The third-order valence-corrected chi connectivity index (χ3v) is 4.80. The van der Waals surface area contributed by atoms with Gasteiger partial charge in [0.1, 0.15) is 0 Å². The van der Waals surface area contributed by atoms with Crippen LogP contribution in [0.3, 0.4) is 0 Å². The van der Waals surface area contributed by atoms with Crippen molar-refractivity contribution in [1.29, 1.82) is 0 Å². The Morgan fingerprint density at radius 3 is 2.32 bits per heavy atom. The van der Waals surface area contributed by atoms with E-state index in [1.54, 1.807) is 0 Å². The van der Waals surface area contributed by atoms with E-state index in [0.29, 0.717) is 12.6 Å². The summed E-state index contributed by atoms with van der Waals surface area (Å²) in [5, 5.41) is 22.4. The van der Waals surface area contributed by atoms with Gasteiger partial charge in [0.2, 0.25) is 0 Å². The Bertz CT molecular complexity index is 281. The fourth-order valence-corrected chi connectivity index (χ4v) is 3.56. The van der Waals surface area contributed by atoms with Crippen molar-refractivity contribution in [2.75, 3.05) is 6.54 Å². The van der Waals surface area contributed by atoms with Crippen LogP contribution in [0.4, 0.5) is 0 Å². The van der Waals surface area contributed by atoms with Crippen molar-refractivity contribution in [1.82, 2.24) is 5.32 Å². The number of rotatable bonds is 6. The first-order valence-corrected chi connectivity index (χ1v) is 7.79. The molecule has 0 aromatic rings. The molecule has 1 atom stereocenters. The minimum Gasteiger partial charge on any atom is -0.481 e. The summed E-state index contributed by atoms with van der Waals surface area (Å²) in [5.74, 6) is -0.0827. The van der Waals surface area contributed by atoms with Crippen molar-refractivity contribution in [3.63, 3.8) is 0 Å². The highest BCUT2D eigenvalue weighted by Gasteiger charge is 2.26. The van der Waals surface area contributed by atoms with E-state index in [1.165, 1.54) is 25.7 Å². The number of carboxylic acid groups (broad SMARTS) is 1. The number of aliphatic hydroxyl groups is 1. The quantitative estimate of drug-likeness (QED) is 0.691. The molecule has 4 nitrogen and oxygen atoms in total. The summed E-state index contributed by atoms with van der Waals surface area (Å²) in [5.41, 5.74) is 0. The summed E-state index contributed by atoms with van der Waals surface area (Å²) < 4.78 is 0. The average molecular weight is 269 g/mol. The fraction of sp³-hybridized carbons (Fsp3) is 0.933. The first-order valence-electron chi connectivity index (χ1n) is 7.79. The summed E-state index contributed by atoms with van der Waals surface area (Å²) >= 11 is 0. The van der Waals surface area contributed by atoms with Gasteiger partial charge < -0.3 is 15.5 Å². The second-order valence-electron chi connectivity index (χ2n) is 6.34. The molecule has 19 heavy (non-hydrogen) atoms. The number of aliphatic hydroxyl groups excluding tert-OH is 1. The molecule has 3 N–H and O–H groups in total. The SMILES string of the molecule is O=C(O)C1CCC(NCC(O)CC2CCCC2)CC1. The molecule has 0 aromatic carbocycles. The van der Waals surface area contributed by atoms with Gasteiger partial charge in [0.25, 0.3) is 0 Å². The van der Waals surface area contributed by atoms with Gasteiger partial charge in [0.05, 0.1) is 12.0 Å². The van der Waals surface area contributed by atoms with E-state index in [4.69, 9.17) is 5.11 Å². The molecule has 0 aromatic heterocycles. The minimum absolute atomic E-state index is 0.151. The molecular formula is C15H27NO3. The fourth-order valence-electron chi connectivity index (χ4n) is 3.56. The highest BCUT2D eigenvalue weighted by atomic mass is 16.4. The van der Waals surface area contributed by atoms with Gasteiger partial charge >= 0.3 is 5.97 Å². The molecule has 2 aliphatic carbocycles. The van der Waals surface area contributed by atoms with Crippen LogP contribution in [-0.4, -0.2) is 34.9 Å². The number of carboxylic acids is 1. The Hall–Kier alpha value is -0.610. The molecule has 2 aliphatic rings. The number of hydrogen-bond acceptors (Lipinski definition) is 3. The lowest BCUT2D eigenvalue weighted by Crippen LogP contribution is -2.39. The summed E-state index contributed by atoms with van der Waals surface area (Å²) in [6.45, 7) is 0.666. The normalized spacial score (nSPS) is 30.4. The van der Waals surface area contributed by atoms with Gasteiger partial charge in [0.15, 0.2) is 0 Å². The van der Waals surface area contributed by atoms with Gasteiger partial charge in [-0.1, -0.05) is 25.7 Å². The van der Waals surface area contributed by atoms with E-state index in [-0.39, 0.29) is 12.0 Å². The molecule has 110 valence electrons. The van der Waals surface area contributed by atoms with Crippen LogP contribution < -0.4 is 5.32 Å². The number of aliphatic carboxylic acids is 1. The zero-order chi connectivity index (χ0) is 13.7. The Kier molecular flexibility index (Phi) is 5.64. The van der Waals surface area contributed by atoms with Crippen molar-refractivity contribution in [3.8, 4) is 0 Å². The lowest BCUT2D eigenvalue weighted by Gasteiger charge is -2.28. The Morgan fingerprint density at radius 1 is 1.11 bits per heavy atom. The van der Waals surface area contributed by atoms with Crippen LogP contribution in [0.25, 0.3) is 0 Å². The van der Waals surface area contributed by atoms with Crippen LogP contribution in [-0.2, 0) is 4.79 Å². The first kappa shape index (κ1) is 14.8. The van der Waals surface area contributed by atoms with Crippen LogP contribution in [0.1, 0.15) is 57.8 Å². The second-order valence-corrected chi connectivity index (χ2v) is 6.34. The molecule has 0 bridgehead atoms. The lowest BCUT2D eigenvalue weighted by atomic mass is 9.86. The van der Waals surface area contributed by atoms with E-state index >= 15 is 0 Å². The molecule has 0 radical (unpaired) electrons. The van der Waals surface area contributed by atoms with Crippen LogP contribution in [0.5, 0.6) is 0 Å². The van der Waals surface area contributed by atoms with Crippen LogP contribution in [0.2, 0.25) is 0 Å². The van der Waals surface area contributed by atoms with Crippen LogP contribution >= 0.6 is 0 Å². The highest BCUT2D eigenvalue weighted by Crippen LogP contribution is 2.29. The third kappa shape index (κ3) is 4.77. The lowest BCUT2D eigenvalue weighted by molar-refractivity contribution is -0.142. The van der Waals surface area contributed by atoms with Gasteiger partial charge in [-0.05, 0) is 38.0 Å². The van der Waals surface area contributed by atoms with Crippen molar-refractivity contribution in [2.45, 2.75) is 69.9 Å². The van der Waals surface area contributed by atoms with Crippen LogP contribution in [0.15, 0.2) is 0 Å². The maximum absolute atomic E-state index is 10.9. The van der Waals surface area contributed by atoms with Crippen molar-refractivity contribution < 1.29 is 15.0 Å². The Balaban J connectivity index is 1.59. The molecule has 2 saturated carbocycles. The highest BCUT2D eigenvalue weighted by molar-refractivity contribution is 5.70. The molecular weight excluding hydrogens is 242 g/mol. The van der Waals surface area contributed by atoms with Gasteiger partial charge in [0, 0.05) is 12.6 Å². The molecule has 2 rings (SSSR count). The zero-order valence-corrected chi connectivity index (χ0v) is 11.7. The molecule has 0 spiro atoms. The average Bonchev–Trinajstić information content (AvgIpc) is 2.89. The molecule has 2 fully saturated rings. The summed E-state index contributed by atoms with van der Waals surface area (Å²) in [6.07, 6.45) is 9.28. The minimum atomic E-state index is -0.653. The molecule has 1 unspecified atom stereocenters. The van der Waals surface area contributed by atoms with Gasteiger partial charge in [-0.2, -0.15) is 0 Å². The molecule has 0 saturated heterocycles. The maximum Gasteiger partial charge on any atom is 0.306 e. The Morgan fingerprint density at radius 2 is 1.74 bits per heavy atom. The number of nitrogens with one attached hydrogen (secondary N) is 1. The van der Waals surface area contributed by atoms with E-state index in [9.17, 15) is 9.90 Å². The van der Waals surface area contributed by atoms with Crippen LogP contribution in [0, 0.1) is 11.8 Å². The molecule has 0 aliphatic heterocycles. The van der Waals surface area contributed by atoms with Crippen molar-refractivity contribution in [2.24, 2.45) is 11.8 Å². The predicted octanol–water partition coefficient (Wildman–Crippen LogP) is 2.16. The van der Waals surface area contributed by atoms with E-state index in [0.717, 1.165) is 38.0 Å². The predicted molar refractivity (Wildman–Crippen MR) is 74.0 cm³/mol. The zero-order valence-electron chi connectivity index (χ0n) is 11.7. The number of carbonyl (C=O) groups is 1.